The lowest BCUT2D eigenvalue weighted by Gasteiger charge is -2.38. The fourth-order valence-electron chi connectivity index (χ4n) is 4.53. The number of carbonyl (C=O) groups excluding carboxylic acids is 1. The van der Waals surface area contributed by atoms with E-state index in [4.69, 9.17) is 0 Å². The van der Waals surface area contributed by atoms with Crippen molar-refractivity contribution >= 4 is 17.6 Å². The van der Waals surface area contributed by atoms with Crippen molar-refractivity contribution in [2.45, 2.75) is 6.42 Å². The Bertz CT molecular complexity index is 664. The van der Waals surface area contributed by atoms with Gasteiger partial charge in [-0.25, -0.2) is 0 Å². The van der Waals surface area contributed by atoms with E-state index >= 15 is 0 Å². The molecule has 4 rings (SSSR count). The maximum atomic E-state index is 13.0. The van der Waals surface area contributed by atoms with Crippen LogP contribution in [0.3, 0.4) is 0 Å². The Morgan fingerprint density at radius 2 is 1.54 bits per heavy atom. The molecular formula is C19H22N2O3. The Kier molecular flexibility index (Phi) is 3.79. The number of fused-ring (bicyclic) bond motifs is 2. The molecule has 0 unspecified atom stereocenters. The van der Waals surface area contributed by atoms with Crippen LogP contribution >= 0.6 is 0 Å². The molecular weight excluding hydrogens is 304 g/mol. The molecule has 2 aliphatic carbocycles. The van der Waals surface area contributed by atoms with E-state index in [1.54, 1.807) is 0 Å². The average Bonchev–Trinajstić information content (AvgIpc) is 3.23. The van der Waals surface area contributed by atoms with E-state index in [2.05, 4.69) is 17.0 Å². The molecule has 5 nitrogen and oxygen atoms in total. The third-order valence-electron chi connectivity index (χ3n) is 5.74. The predicted molar refractivity (Wildman–Crippen MR) is 90.6 cm³/mol. The first-order valence-corrected chi connectivity index (χ1v) is 8.65. The maximum Gasteiger partial charge on any atom is 0.307 e. The van der Waals surface area contributed by atoms with Gasteiger partial charge in [-0.2, -0.15) is 0 Å². The molecule has 3 aliphatic rings. The molecule has 1 amide bonds. The highest BCUT2D eigenvalue weighted by atomic mass is 16.4. The fourth-order valence-corrected chi connectivity index (χ4v) is 4.53. The lowest BCUT2D eigenvalue weighted by Crippen LogP contribution is -2.52. The molecule has 126 valence electrons. The van der Waals surface area contributed by atoms with Crippen LogP contribution < -0.4 is 4.90 Å². The first-order valence-electron chi connectivity index (χ1n) is 8.65. The largest absolute Gasteiger partial charge is 0.481 e. The molecule has 24 heavy (non-hydrogen) atoms. The van der Waals surface area contributed by atoms with Gasteiger partial charge >= 0.3 is 5.97 Å². The number of para-hydroxylation sites is 1. The minimum Gasteiger partial charge on any atom is -0.481 e. The van der Waals surface area contributed by atoms with Crippen molar-refractivity contribution in [2.24, 2.45) is 23.7 Å². The van der Waals surface area contributed by atoms with Gasteiger partial charge in [0.05, 0.1) is 11.8 Å². The first kappa shape index (κ1) is 15.2. The zero-order valence-electron chi connectivity index (χ0n) is 13.5. The summed E-state index contributed by atoms with van der Waals surface area (Å²) in [6.45, 7) is 2.92. The van der Waals surface area contributed by atoms with Crippen molar-refractivity contribution in [3.8, 4) is 0 Å². The van der Waals surface area contributed by atoms with Gasteiger partial charge in [-0.1, -0.05) is 30.4 Å². The molecule has 1 aromatic carbocycles. The van der Waals surface area contributed by atoms with E-state index < -0.39 is 11.9 Å². The van der Waals surface area contributed by atoms with Crippen molar-refractivity contribution in [2.75, 3.05) is 31.1 Å². The van der Waals surface area contributed by atoms with Gasteiger partial charge in [0.1, 0.15) is 0 Å². The van der Waals surface area contributed by atoms with Gasteiger partial charge in [0.15, 0.2) is 0 Å². The van der Waals surface area contributed by atoms with E-state index in [1.807, 2.05) is 35.3 Å². The predicted octanol–water partition coefficient (Wildman–Crippen LogP) is 1.86. The third kappa shape index (κ3) is 2.48. The number of carboxylic acids is 1. The molecule has 1 saturated heterocycles. The normalized spacial score (nSPS) is 31.5. The zero-order chi connectivity index (χ0) is 16.7. The highest BCUT2D eigenvalue weighted by molar-refractivity contribution is 5.87. The van der Waals surface area contributed by atoms with Gasteiger partial charge in [0.2, 0.25) is 5.91 Å². The van der Waals surface area contributed by atoms with Gasteiger partial charge in [-0.15, -0.1) is 0 Å². The number of carbonyl (C=O) groups is 2. The monoisotopic (exact) mass is 326 g/mol. The molecule has 0 radical (unpaired) electrons. The lowest BCUT2D eigenvalue weighted by atomic mass is 9.82. The number of amides is 1. The van der Waals surface area contributed by atoms with Crippen LogP contribution in [0.2, 0.25) is 0 Å². The van der Waals surface area contributed by atoms with Crippen LogP contribution in [0.1, 0.15) is 6.42 Å². The van der Waals surface area contributed by atoms with Crippen molar-refractivity contribution in [3.63, 3.8) is 0 Å². The van der Waals surface area contributed by atoms with Crippen molar-refractivity contribution < 1.29 is 14.7 Å². The highest BCUT2D eigenvalue weighted by Crippen LogP contribution is 2.48. The second kappa shape index (κ2) is 5.96. The molecule has 2 fully saturated rings. The van der Waals surface area contributed by atoms with E-state index in [9.17, 15) is 14.7 Å². The summed E-state index contributed by atoms with van der Waals surface area (Å²) in [7, 11) is 0. The average molecular weight is 326 g/mol. The molecule has 0 spiro atoms. The Morgan fingerprint density at radius 3 is 2.17 bits per heavy atom. The smallest absolute Gasteiger partial charge is 0.307 e. The quantitative estimate of drug-likeness (QED) is 0.861. The van der Waals surface area contributed by atoms with Gasteiger partial charge in [0.25, 0.3) is 0 Å². The number of anilines is 1. The molecule has 1 aliphatic heterocycles. The number of hydrogen-bond acceptors (Lipinski definition) is 3. The maximum absolute atomic E-state index is 13.0. The van der Waals surface area contributed by atoms with Crippen LogP contribution in [0.5, 0.6) is 0 Å². The molecule has 5 heteroatoms. The van der Waals surface area contributed by atoms with Gasteiger partial charge in [-0.3, -0.25) is 9.59 Å². The first-order chi connectivity index (χ1) is 11.6. The highest BCUT2D eigenvalue weighted by Gasteiger charge is 2.52. The fraction of sp³-hybridized carbons (Fsp3) is 0.474. The van der Waals surface area contributed by atoms with Crippen LogP contribution in [-0.4, -0.2) is 48.1 Å². The Morgan fingerprint density at radius 1 is 0.917 bits per heavy atom. The number of nitrogens with zero attached hydrogens (tertiary/aromatic N) is 2. The number of aliphatic carboxylic acids is 1. The number of carboxylic acid groups (broad SMARTS) is 1. The van der Waals surface area contributed by atoms with Gasteiger partial charge in [0, 0.05) is 31.9 Å². The number of benzene rings is 1. The minimum atomic E-state index is -0.826. The Labute approximate surface area is 141 Å². The summed E-state index contributed by atoms with van der Waals surface area (Å²) in [4.78, 5) is 28.7. The molecule has 1 aromatic rings. The van der Waals surface area contributed by atoms with Crippen molar-refractivity contribution in [1.82, 2.24) is 4.90 Å². The lowest BCUT2D eigenvalue weighted by molar-refractivity contribution is -0.151. The standard InChI is InChI=1S/C19H22N2O3/c22-18(16-13-6-7-14(12-13)17(16)19(23)24)21-10-8-20(9-11-21)15-4-2-1-3-5-15/h1-7,13-14,16-17H,8-12H2,(H,23,24)/t13-,14-,16+,17+/m1/s1. The molecule has 0 aromatic heterocycles. The summed E-state index contributed by atoms with van der Waals surface area (Å²) in [5.74, 6) is -1.57. The van der Waals surface area contributed by atoms with Crippen LogP contribution in [-0.2, 0) is 9.59 Å². The second-order valence-corrected chi connectivity index (χ2v) is 6.99. The molecule has 1 heterocycles. The van der Waals surface area contributed by atoms with Crippen molar-refractivity contribution in [3.05, 3.63) is 42.5 Å². The summed E-state index contributed by atoms with van der Waals surface area (Å²) in [5.41, 5.74) is 1.18. The van der Waals surface area contributed by atoms with E-state index in [0.717, 1.165) is 19.5 Å². The van der Waals surface area contributed by atoms with Gasteiger partial charge in [-0.05, 0) is 30.4 Å². The van der Waals surface area contributed by atoms with E-state index in [0.29, 0.717) is 13.1 Å². The third-order valence-corrected chi connectivity index (χ3v) is 5.74. The van der Waals surface area contributed by atoms with Crippen LogP contribution in [0.25, 0.3) is 0 Å². The number of hydrogen-bond donors (Lipinski definition) is 1. The molecule has 2 bridgehead atoms. The molecule has 1 N–H and O–H groups in total. The van der Waals surface area contributed by atoms with E-state index in [-0.39, 0.29) is 23.7 Å². The topological polar surface area (TPSA) is 60.9 Å². The Hall–Kier alpha value is -2.30. The summed E-state index contributed by atoms with van der Waals surface area (Å²) in [6.07, 6.45) is 4.85. The van der Waals surface area contributed by atoms with Crippen molar-refractivity contribution in [1.29, 1.82) is 0 Å². The number of piperazine rings is 1. The number of rotatable bonds is 3. The number of allylic oxidation sites excluding steroid dienone is 2. The summed E-state index contributed by atoms with van der Waals surface area (Å²) >= 11 is 0. The van der Waals surface area contributed by atoms with Crippen LogP contribution in [0.15, 0.2) is 42.5 Å². The summed E-state index contributed by atoms with van der Waals surface area (Å²) < 4.78 is 0. The van der Waals surface area contributed by atoms with Crippen LogP contribution in [0, 0.1) is 23.7 Å². The van der Waals surface area contributed by atoms with E-state index in [1.165, 1.54) is 5.69 Å². The Balaban J connectivity index is 1.43. The molecule has 1 saturated carbocycles. The molecule has 4 atom stereocenters. The SMILES string of the molecule is O=C(O)[C@@H]1[C@@H](C(=O)N2CCN(c3ccccc3)CC2)[C@@H]2C=C[C@@H]1C2. The van der Waals surface area contributed by atoms with Crippen LogP contribution in [0.4, 0.5) is 5.69 Å². The zero-order valence-corrected chi connectivity index (χ0v) is 13.5. The summed E-state index contributed by atoms with van der Waals surface area (Å²) in [5, 5.41) is 9.53. The second-order valence-electron chi connectivity index (χ2n) is 6.99. The van der Waals surface area contributed by atoms with Gasteiger partial charge < -0.3 is 14.9 Å². The summed E-state index contributed by atoms with van der Waals surface area (Å²) in [6, 6.07) is 10.2. The minimum absolute atomic E-state index is 0.0342.